The fourth-order valence-electron chi connectivity index (χ4n) is 2.44. The van der Waals surface area contributed by atoms with Crippen molar-refractivity contribution in [2.24, 2.45) is 0 Å². The molecule has 0 fully saturated rings. The molecule has 0 saturated carbocycles. The lowest BCUT2D eigenvalue weighted by Gasteiger charge is -2.24. The second kappa shape index (κ2) is 2.85. The molecular weight excluding hydrogens is 174 g/mol. The summed E-state index contributed by atoms with van der Waals surface area (Å²) < 4.78 is 2.22. The molecule has 72 valence electrons. The second-order valence-corrected chi connectivity index (χ2v) is 3.95. The van der Waals surface area contributed by atoms with E-state index >= 15 is 0 Å². The predicted octanol–water partition coefficient (Wildman–Crippen LogP) is 2.12. The van der Waals surface area contributed by atoms with Gasteiger partial charge < -0.3 is 9.67 Å². The summed E-state index contributed by atoms with van der Waals surface area (Å²) in [7, 11) is 0. The molecule has 3 rings (SSSR count). The predicted molar refractivity (Wildman–Crippen MR) is 56.4 cm³/mol. The summed E-state index contributed by atoms with van der Waals surface area (Å²) in [5.74, 6) is 0. The van der Waals surface area contributed by atoms with Crippen LogP contribution in [0.2, 0.25) is 0 Å². The van der Waals surface area contributed by atoms with Crippen LogP contribution in [0.4, 0.5) is 0 Å². The van der Waals surface area contributed by atoms with Crippen molar-refractivity contribution in [2.75, 3.05) is 6.61 Å². The lowest BCUT2D eigenvalue weighted by molar-refractivity contribution is 0.220. The molecular formula is C12H13NO. The first-order valence-corrected chi connectivity index (χ1v) is 5.09. The Morgan fingerprint density at radius 1 is 1.36 bits per heavy atom. The molecule has 2 aromatic rings. The van der Waals surface area contributed by atoms with Gasteiger partial charge in [0.15, 0.2) is 0 Å². The van der Waals surface area contributed by atoms with Gasteiger partial charge in [-0.1, -0.05) is 18.2 Å². The maximum atomic E-state index is 9.27. The fraction of sp³-hybridized carbons (Fsp3) is 0.333. The van der Waals surface area contributed by atoms with Gasteiger partial charge in [0.1, 0.15) is 0 Å². The van der Waals surface area contributed by atoms with Crippen molar-refractivity contribution >= 4 is 10.9 Å². The van der Waals surface area contributed by atoms with Gasteiger partial charge in [-0.3, -0.25) is 0 Å². The monoisotopic (exact) mass is 187 g/mol. The summed E-state index contributed by atoms with van der Waals surface area (Å²) in [6, 6.07) is 8.85. The number of hydrogen-bond donors (Lipinski definition) is 1. The van der Waals surface area contributed by atoms with Crippen LogP contribution in [0.15, 0.2) is 30.5 Å². The van der Waals surface area contributed by atoms with Crippen LogP contribution in [-0.4, -0.2) is 16.3 Å². The molecule has 1 atom stereocenters. The van der Waals surface area contributed by atoms with Crippen LogP contribution in [0, 0.1) is 0 Å². The standard InChI is InChI=1S/C12H13NO/c14-8-11-5-4-9-2-1-3-10-6-7-13(11)12(9)10/h1-3,6-7,11,14H,4-5,8H2. The van der Waals surface area contributed by atoms with Crippen LogP contribution in [0.3, 0.4) is 0 Å². The number of benzene rings is 1. The van der Waals surface area contributed by atoms with E-state index in [1.165, 1.54) is 16.5 Å². The van der Waals surface area contributed by atoms with Gasteiger partial charge in [-0.05, 0) is 29.9 Å². The minimum absolute atomic E-state index is 0.248. The topological polar surface area (TPSA) is 25.2 Å². The highest BCUT2D eigenvalue weighted by Gasteiger charge is 2.19. The minimum Gasteiger partial charge on any atom is -0.394 e. The quantitative estimate of drug-likeness (QED) is 0.726. The Morgan fingerprint density at radius 2 is 2.29 bits per heavy atom. The smallest absolute Gasteiger partial charge is 0.0639 e. The second-order valence-electron chi connectivity index (χ2n) is 3.95. The third kappa shape index (κ3) is 0.946. The van der Waals surface area contributed by atoms with Gasteiger partial charge in [0.25, 0.3) is 0 Å². The Bertz CT molecular complexity index is 472. The van der Waals surface area contributed by atoms with E-state index in [1.807, 2.05) is 0 Å². The molecule has 1 aromatic carbocycles. The lowest BCUT2D eigenvalue weighted by atomic mass is 9.99. The summed E-state index contributed by atoms with van der Waals surface area (Å²) in [4.78, 5) is 0. The molecule has 1 aliphatic heterocycles. The highest BCUT2D eigenvalue weighted by atomic mass is 16.3. The first kappa shape index (κ1) is 8.06. The molecule has 2 heterocycles. The van der Waals surface area contributed by atoms with E-state index < -0.39 is 0 Å². The number of hydrogen-bond acceptors (Lipinski definition) is 1. The molecule has 0 aliphatic carbocycles. The van der Waals surface area contributed by atoms with Crippen LogP contribution < -0.4 is 0 Å². The van der Waals surface area contributed by atoms with Crippen molar-refractivity contribution in [3.63, 3.8) is 0 Å². The van der Waals surface area contributed by atoms with E-state index in [4.69, 9.17) is 0 Å². The maximum absolute atomic E-state index is 9.27. The van der Waals surface area contributed by atoms with E-state index in [0.717, 1.165) is 12.8 Å². The number of nitrogens with zero attached hydrogens (tertiary/aromatic N) is 1. The fourth-order valence-corrected chi connectivity index (χ4v) is 2.44. The molecule has 1 unspecified atom stereocenters. The number of aliphatic hydroxyl groups excluding tert-OH is 1. The Hall–Kier alpha value is -1.28. The van der Waals surface area contributed by atoms with Crippen molar-refractivity contribution in [1.82, 2.24) is 4.57 Å². The van der Waals surface area contributed by atoms with Crippen molar-refractivity contribution < 1.29 is 5.11 Å². The van der Waals surface area contributed by atoms with Gasteiger partial charge in [0.05, 0.1) is 18.2 Å². The zero-order valence-electron chi connectivity index (χ0n) is 7.98. The van der Waals surface area contributed by atoms with E-state index in [-0.39, 0.29) is 12.6 Å². The molecule has 0 bridgehead atoms. The number of rotatable bonds is 1. The first-order chi connectivity index (χ1) is 6.90. The molecule has 1 aliphatic rings. The van der Waals surface area contributed by atoms with Crippen molar-refractivity contribution in [3.8, 4) is 0 Å². The minimum atomic E-state index is 0.248. The average Bonchev–Trinajstić information content (AvgIpc) is 2.66. The van der Waals surface area contributed by atoms with E-state index in [9.17, 15) is 5.11 Å². The third-order valence-corrected chi connectivity index (χ3v) is 3.17. The molecule has 1 N–H and O–H groups in total. The summed E-state index contributed by atoms with van der Waals surface area (Å²) >= 11 is 0. The van der Waals surface area contributed by atoms with Crippen molar-refractivity contribution in [3.05, 3.63) is 36.0 Å². The van der Waals surface area contributed by atoms with Gasteiger partial charge in [-0.2, -0.15) is 0 Å². The molecule has 0 amide bonds. The Balaban J connectivity index is 2.33. The number of para-hydroxylation sites is 1. The van der Waals surface area contributed by atoms with E-state index in [2.05, 4.69) is 35.0 Å². The average molecular weight is 187 g/mol. The molecule has 14 heavy (non-hydrogen) atoms. The molecule has 2 nitrogen and oxygen atoms in total. The summed E-state index contributed by atoms with van der Waals surface area (Å²) in [5.41, 5.74) is 2.73. The Labute approximate surface area is 82.8 Å². The molecule has 1 aromatic heterocycles. The van der Waals surface area contributed by atoms with Crippen LogP contribution in [0.25, 0.3) is 10.9 Å². The van der Waals surface area contributed by atoms with Crippen molar-refractivity contribution in [2.45, 2.75) is 18.9 Å². The first-order valence-electron chi connectivity index (χ1n) is 5.09. The molecule has 0 spiro atoms. The summed E-state index contributed by atoms with van der Waals surface area (Å²) in [6.07, 6.45) is 4.23. The van der Waals surface area contributed by atoms with Crippen molar-refractivity contribution in [1.29, 1.82) is 0 Å². The number of aromatic nitrogens is 1. The SMILES string of the molecule is OCC1CCc2cccc3ccn1c23. The van der Waals surface area contributed by atoms with Crippen LogP contribution in [-0.2, 0) is 6.42 Å². The van der Waals surface area contributed by atoms with E-state index in [1.54, 1.807) is 0 Å². The van der Waals surface area contributed by atoms with E-state index in [0.29, 0.717) is 0 Å². The zero-order valence-corrected chi connectivity index (χ0v) is 7.98. The highest BCUT2D eigenvalue weighted by molar-refractivity contribution is 5.84. The Morgan fingerprint density at radius 3 is 3.14 bits per heavy atom. The van der Waals surface area contributed by atoms with Gasteiger partial charge in [0, 0.05) is 6.20 Å². The molecule has 0 saturated heterocycles. The van der Waals surface area contributed by atoms with Crippen LogP contribution in [0.1, 0.15) is 18.0 Å². The lowest BCUT2D eigenvalue weighted by Crippen LogP contribution is -2.17. The van der Waals surface area contributed by atoms with Gasteiger partial charge in [0.2, 0.25) is 0 Å². The van der Waals surface area contributed by atoms with Gasteiger partial charge in [-0.15, -0.1) is 0 Å². The molecule has 2 heteroatoms. The molecule has 0 radical (unpaired) electrons. The maximum Gasteiger partial charge on any atom is 0.0639 e. The zero-order chi connectivity index (χ0) is 9.54. The van der Waals surface area contributed by atoms with Gasteiger partial charge >= 0.3 is 0 Å². The summed E-state index contributed by atoms with van der Waals surface area (Å²) in [6.45, 7) is 0.248. The normalized spacial score (nSPS) is 20.2. The number of aryl methyl sites for hydroxylation is 1. The Kier molecular flexibility index (Phi) is 1.64. The highest BCUT2D eigenvalue weighted by Crippen LogP contribution is 2.31. The van der Waals surface area contributed by atoms with Gasteiger partial charge in [-0.25, -0.2) is 0 Å². The van der Waals surface area contributed by atoms with Crippen LogP contribution in [0.5, 0.6) is 0 Å². The van der Waals surface area contributed by atoms with Crippen LogP contribution >= 0.6 is 0 Å². The third-order valence-electron chi connectivity index (χ3n) is 3.17. The number of aliphatic hydroxyl groups is 1. The largest absolute Gasteiger partial charge is 0.394 e. The summed E-state index contributed by atoms with van der Waals surface area (Å²) in [5, 5.41) is 10.6.